The molecule has 0 aliphatic heterocycles. The average molecular weight is 278 g/mol. The van der Waals surface area contributed by atoms with Gasteiger partial charge in [0.15, 0.2) is 0 Å². The van der Waals surface area contributed by atoms with E-state index in [2.05, 4.69) is 0 Å². The smallest absolute Gasteiger partial charge is 1.00 e. The van der Waals surface area contributed by atoms with Gasteiger partial charge in [-0.25, -0.2) is 0 Å². The summed E-state index contributed by atoms with van der Waals surface area (Å²) in [5.74, 6) is 0. The Morgan fingerprint density at radius 2 is 1.10 bits per heavy atom. The third kappa shape index (κ3) is 29900. The Balaban J connectivity index is -0.000000140. The van der Waals surface area contributed by atoms with Crippen LogP contribution in [0.1, 0.15) is 8.35 Å². The molecule has 0 aliphatic rings. The molecule has 0 N–H and O–H groups in total. The van der Waals surface area contributed by atoms with Crippen LogP contribution in [0.2, 0.25) is 0 Å². The molecule has 0 fully saturated rings. The second-order valence-electron chi connectivity index (χ2n) is 1.18. The van der Waals surface area contributed by atoms with Gasteiger partial charge in [-0.3, -0.25) is 0 Å². The van der Waals surface area contributed by atoms with E-state index < -0.39 is 19.5 Å². The summed E-state index contributed by atoms with van der Waals surface area (Å²) in [4.78, 5) is 0. The second kappa shape index (κ2) is 2.19. The fraction of sp³-hybridized carbons (Fsp3) is 0.500. The number of hydrogen-bond acceptors (Lipinski definition) is 1. The number of rotatable bonds is 0. The summed E-state index contributed by atoms with van der Waals surface area (Å²) in [5, 5.41) is 7.32. The quantitative estimate of drug-likeness (QED) is 0.493. The SMILES string of the molecule is CC#N.[F][Sb-]([F])([F])([F])([F])[F].[H+]. The van der Waals surface area contributed by atoms with E-state index in [1.807, 2.05) is 0 Å². The molecule has 0 bridgehead atoms. The number of nitrogens with zero attached hydrogens (tertiary/aromatic N) is 1. The van der Waals surface area contributed by atoms with E-state index in [9.17, 15) is 16.9 Å². The first-order valence-electron chi connectivity index (χ1n) is 1.74. The molecular formula is C2H4F6NSb. The van der Waals surface area contributed by atoms with Crippen molar-refractivity contribution < 1.29 is 18.3 Å². The van der Waals surface area contributed by atoms with Crippen LogP contribution >= 0.6 is 0 Å². The molecule has 0 rings (SSSR count). The van der Waals surface area contributed by atoms with Crippen molar-refractivity contribution in [3.63, 3.8) is 0 Å². The van der Waals surface area contributed by atoms with Crippen LogP contribution in [-0.4, -0.2) is 19.5 Å². The van der Waals surface area contributed by atoms with Gasteiger partial charge in [-0.05, 0) is 0 Å². The Hall–Kier alpha value is -0.112. The molecule has 0 aromatic rings. The third-order valence-corrected chi connectivity index (χ3v) is 0. The molecule has 0 aliphatic carbocycles. The molecule has 1 nitrogen and oxygen atoms in total. The van der Waals surface area contributed by atoms with Gasteiger partial charge >= 0.3 is 37.8 Å². The molecular weight excluding hydrogens is 274 g/mol. The van der Waals surface area contributed by atoms with Crippen molar-refractivity contribution in [1.29, 1.82) is 5.26 Å². The zero-order chi connectivity index (χ0) is 9.12. The Morgan fingerprint density at radius 3 is 1.10 bits per heavy atom. The van der Waals surface area contributed by atoms with Crippen molar-refractivity contribution in [2.45, 2.75) is 6.92 Å². The summed E-state index contributed by atoms with van der Waals surface area (Å²) in [6.45, 7) is 1.43. The predicted molar refractivity (Wildman–Crippen MR) is 24.8 cm³/mol. The molecule has 0 spiro atoms. The van der Waals surface area contributed by atoms with Crippen molar-refractivity contribution >= 4 is 19.5 Å². The van der Waals surface area contributed by atoms with Gasteiger partial charge in [0.2, 0.25) is 0 Å². The van der Waals surface area contributed by atoms with E-state index in [0.29, 0.717) is 0 Å². The first-order chi connectivity index (χ1) is 3.86. The van der Waals surface area contributed by atoms with E-state index >= 15 is 0 Å². The van der Waals surface area contributed by atoms with Crippen LogP contribution < -0.4 is 0 Å². The normalized spacial score (nSPS) is 17.0. The van der Waals surface area contributed by atoms with Gasteiger partial charge in [0, 0.05) is 6.92 Å². The van der Waals surface area contributed by atoms with Gasteiger partial charge in [0.25, 0.3) is 0 Å². The molecule has 8 heteroatoms. The van der Waals surface area contributed by atoms with Gasteiger partial charge in [-0.1, -0.05) is 0 Å². The Labute approximate surface area is 56.6 Å². The molecule has 0 heterocycles. The number of nitriles is 1. The molecule has 0 unspecified atom stereocenters. The maximum Gasteiger partial charge on any atom is 1.00 e. The third-order valence-electron chi connectivity index (χ3n) is 0. The van der Waals surface area contributed by atoms with Crippen LogP contribution in [0.5, 0.6) is 0 Å². The van der Waals surface area contributed by atoms with Crippen molar-refractivity contribution in [2.75, 3.05) is 0 Å². The summed E-state index contributed by atoms with van der Waals surface area (Å²) >= 11 is -11.2. The fourth-order valence-electron chi connectivity index (χ4n) is 0. The zero-order valence-electron chi connectivity index (χ0n) is 5.66. The largest absolute Gasteiger partial charge is 1.00 e. The molecule has 10 heavy (non-hydrogen) atoms. The van der Waals surface area contributed by atoms with Gasteiger partial charge in [-0.2, -0.15) is 5.26 Å². The maximum absolute atomic E-state index is 11.2. The van der Waals surface area contributed by atoms with Crippen LogP contribution in [0.25, 0.3) is 0 Å². The minimum atomic E-state index is -11.2. The van der Waals surface area contributed by atoms with E-state index in [4.69, 9.17) is 5.26 Å². The van der Waals surface area contributed by atoms with E-state index in [-0.39, 0.29) is 1.43 Å². The molecule has 0 saturated carbocycles. The van der Waals surface area contributed by atoms with Crippen LogP contribution in [0.4, 0.5) is 16.9 Å². The average Bonchev–Trinajstić information content (AvgIpc) is 1.20. The maximum atomic E-state index is 9.93. The summed E-state index contributed by atoms with van der Waals surface area (Å²) in [6.07, 6.45) is 0. The summed E-state index contributed by atoms with van der Waals surface area (Å²) in [5.41, 5.74) is 0. The van der Waals surface area contributed by atoms with Gasteiger partial charge in [-0.15, -0.1) is 0 Å². The Kier molecular flexibility index (Phi) is 2.75. The van der Waals surface area contributed by atoms with E-state index in [0.717, 1.165) is 0 Å². The molecule has 0 saturated heterocycles. The van der Waals surface area contributed by atoms with E-state index in [1.165, 1.54) is 6.92 Å². The van der Waals surface area contributed by atoms with Crippen LogP contribution in [-0.2, 0) is 0 Å². The zero-order valence-corrected chi connectivity index (χ0v) is 7.22. The molecule has 0 aromatic carbocycles. The van der Waals surface area contributed by atoms with Crippen molar-refractivity contribution in [2.24, 2.45) is 0 Å². The van der Waals surface area contributed by atoms with Crippen LogP contribution in [0, 0.1) is 11.3 Å². The minimum Gasteiger partial charge on any atom is 1.00 e. The minimum absolute atomic E-state index is 0. The van der Waals surface area contributed by atoms with Crippen molar-refractivity contribution in [3.05, 3.63) is 0 Å². The summed E-state index contributed by atoms with van der Waals surface area (Å²) in [6, 6.07) is 1.75. The number of halogens is 6. The van der Waals surface area contributed by atoms with Crippen LogP contribution in [0.15, 0.2) is 0 Å². The first-order valence-corrected chi connectivity index (χ1v) is 7.53. The summed E-state index contributed by atoms with van der Waals surface area (Å²) in [7, 11) is 0. The predicted octanol–water partition coefficient (Wildman–Crippen LogP) is 2.78. The van der Waals surface area contributed by atoms with Gasteiger partial charge < -0.3 is 0 Å². The summed E-state index contributed by atoms with van der Waals surface area (Å²) < 4.78 is 59.6. The van der Waals surface area contributed by atoms with E-state index in [1.54, 1.807) is 6.07 Å². The monoisotopic (exact) mass is 277 g/mol. The standard InChI is InChI=1S/C2H3N.6FH.Sb/c1-2-3;;;;;;;/h1H3;6*1H;/q;;;;;;;+5/p-5. The fourth-order valence-corrected chi connectivity index (χ4v) is 0. The second-order valence-corrected chi connectivity index (χ2v) is 6.65. The molecule has 64 valence electrons. The molecule has 0 aromatic heterocycles. The molecule has 0 radical (unpaired) electrons. The molecule has 0 atom stereocenters. The Morgan fingerprint density at radius 1 is 1.10 bits per heavy atom. The van der Waals surface area contributed by atoms with Gasteiger partial charge in [0.1, 0.15) is 0 Å². The Bertz CT molecular complexity index is 137. The van der Waals surface area contributed by atoms with Crippen LogP contribution in [0.3, 0.4) is 0 Å². The van der Waals surface area contributed by atoms with Gasteiger partial charge in [0.05, 0.1) is 6.07 Å². The topological polar surface area (TPSA) is 23.8 Å². The van der Waals surface area contributed by atoms with Crippen molar-refractivity contribution in [1.82, 2.24) is 0 Å². The van der Waals surface area contributed by atoms with Crippen molar-refractivity contribution in [3.8, 4) is 6.07 Å². The first kappa shape index (κ1) is 12.6. The number of hydrogen-bond donors (Lipinski definition) is 0. The molecule has 0 amide bonds.